The summed E-state index contributed by atoms with van der Waals surface area (Å²) in [5.41, 5.74) is 1.66. The summed E-state index contributed by atoms with van der Waals surface area (Å²) in [7, 11) is 0. The lowest BCUT2D eigenvalue weighted by Gasteiger charge is -2.29. The maximum Gasteiger partial charge on any atom is 0.153 e. The number of carbonyl (C=O) groups is 1. The molecule has 1 aliphatic carbocycles. The molecule has 1 saturated heterocycles. The van der Waals surface area contributed by atoms with Gasteiger partial charge in [0.2, 0.25) is 0 Å². The first kappa shape index (κ1) is 8.51. The molecule has 0 aromatic carbocycles. The number of hydrogen-bond donors (Lipinski definition) is 2. The highest BCUT2D eigenvalue weighted by Gasteiger charge is 2.25. The fourth-order valence-electron chi connectivity index (χ4n) is 2.07. The van der Waals surface area contributed by atoms with Gasteiger partial charge >= 0.3 is 0 Å². The minimum absolute atomic E-state index is 0.170. The monoisotopic (exact) mass is 179 g/mol. The van der Waals surface area contributed by atoms with Crippen molar-refractivity contribution in [1.82, 2.24) is 5.32 Å². The highest BCUT2D eigenvalue weighted by molar-refractivity contribution is 5.81. The Labute approximate surface area is 77.1 Å². The van der Waals surface area contributed by atoms with Crippen LogP contribution in [0.2, 0.25) is 0 Å². The quantitative estimate of drug-likeness (QED) is 0.589. The minimum atomic E-state index is 0.170. The first-order valence-corrected chi connectivity index (χ1v) is 4.61. The van der Waals surface area contributed by atoms with E-state index in [2.05, 4.69) is 5.32 Å². The van der Waals surface area contributed by atoms with Gasteiger partial charge < -0.3 is 10.4 Å². The number of aliphatic hydroxyl groups is 1. The second-order valence-electron chi connectivity index (χ2n) is 3.53. The molecule has 3 heteroatoms. The molecular formula is C10H13NO2. The van der Waals surface area contributed by atoms with Gasteiger partial charge in [-0.15, -0.1) is 0 Å². The zero-order valence-electron chi connectivity index (χ0n) is 7.42. The summed E-state index contributed by atoms with van der Waals surface area (Å²) >= 11 is 0. The van der Waals surface area contributed by atoms with E-state index in [1.165, 1.54) is 0 Å². The normalized spacial score (nSPS) is 28.0. The summed E-state index contributed by atoms with van der Waals surface area (Å²) in [6.07, 6.45) is 4.26. The van der Waals surface area contributed by atoms with E-state index < -0.39 is 0 Å². The van der Waals surface area contributed by atoms with Crippen LogP contribution >= 0.6 is 0 Å². The van der Waals surface area contributed by atoms with Gasteiger partial charge in [-0.25, -0.2) is 0 Å². The van der Waals surface area contributed by atoms with E-state index in [4.69, 9.17) is 0 Å². The molecule has 0 bridgehead atoms. The zero-order chi connectivity index (χ0) is 9.26. The molecule has 0 saturated carbocycles. The standard InChI is InChI=1S/C10H13NO2/c12-6-9-8-3-4-11-5-7(8)1-2-10(9)13/h2,6-7,11,13H,1,3-5H2. The van der Waals surface area contributed by atoms with Gasteiger partial charge in [-0.2, -0.15) is 0 Å². The largest absolute Gasteiger partial charge is 0.508 e. The van der Waals surface area contributed by atoms with Crippen molar-refractivity contribution in [2.45, 2.75) is 12.8 Å². The predicted octanol–water partition coefficient (Wildman–Crippen LogP) is 0.937. The van der Waals surface area contributed by atoms with Crippen LogP contribution in [-0.2, 0) is 4.79 Å². The molecule has 2 aliphatic rings. The highest BCUT2D eigenvalue weighted by Crippen LogP contribution is 2.31. The molecule has 1 heterocycles. The van der Waals surface area contributed by atoms with Crippen LogP contribution in [0.15, 0.2) is 23.0 Å². The SMILES string of the molecule is O=CC1=C2CCNCC2CC=C1O. The van der Waals surface area contributed by atoms with Gasteiger partial charge in [0.1, 0.15) is 5.76 Å². The number of carbonyl (C=O) groups excluding carboxylic acids is 1. The fourth-order valence-corrected chi connectivity index (χ4v) is 2.07. The number of allylic oxidation sites excluding steroid dienone is 2. The Balaban J connectivity index is 2.36. The Bertz CT molecular complexity index is 291. The molecule has 3 nitrogen and oxygen atoms in total. The van der Waals surface area contributed by atoms with Crippen molar-refractivity contribution in [2.24, 2.45) is 5.92 Å². The second-order valence-corrected chi connectivity index (χ2v) is 3.53. The van der Waals surface area contributed by atoms with E-state index in [1.807, 2.05) is 0 Å². The Morgan fingerprint density at radius 1 is 1.62 bits per heavy atom. The van der Waals surface area contributed by atoms with Crippen molar-refractivity contribution >= 4 is 6.29 Å². The average molecular weight is 179 g/mol. The Hall–Kier alpha value is -1.09. The van der Waals surface area contributed by atoms with Gasteiger partial charge in [0.25, 0.3) is 0 Å². The molecule has 1 atom stereocenters. The van der Waals surface area contributed by atoms with Gasteiger partial charge in [0.05, 0.1) is 5.57 Å². The molecule has 70 valence electrons. The summed E-state index contributed by atoms with van der Waals surface area (Å²) in [6.45, 7) is 1.84. The van der Waals surface area contributed by atoms with E-state index in [1.54, 1.807) is 6.08 Å². The van der Waals surface area contributed by atoms with Gasteiger partial charge in [0.15, 0.2) is 6.29 Å². The lowest BCUT2D eigenvalue weighted by Crippen LogP contribution is -2.33. The maximum absolute atomic E-state index is 10.7. The van der Waals surface area contributed by atoms with Crippen LogP contribution in [0.3, 0.4) is 0 Å². The zero-order valence-corrected chi connectivity index (χ0v) is 7.42. The first-order chi connectivity index (χ1) is 6.33. The molecule has 1 aliphatic heterocycles. The summed E-state index contributed by atoms with van der Waals surface area (Å²) in [4.78, 5) is 10.7. The topological polar surface area (TPSA) is 49.3 Å². The van der Waals surface area contributed by atoms with E-state index in [0.717, 1.165) is 37.8 Å². The van der Waals surface area contributed by atoms with Crippen LogP contribution in [0.25, 0.3) is 0 Å². The molecular weight excluding hydrogens is 166 g/mol. The molecule has 0 spiro atoms. The molecule has 13 heavy (non-hydrogen) atoms. The Morgan fingerprint density at radius 2 is 2.46 bits per heavy atom. The van der Waals surface area contributed by atoms with Gasteiger partial charge in [-0.1, -0.05) is 5.57 Å². The number of aliphatic hydroxyl groups excluding tert-OH is 1. The van der Waals surface area contributed by atoms with E-state index in [0.29, 0.717) is 11.5 Å². The number of hydrogen-bond acceptors (Lipinski definition) is 3. The van der Waals surface area contributed by atoms with Crippen LogP contribution in [0.5, 0.6) is 0 Å². The van der Waals surface area contributed by atoms with Crippen molar-refractivity contribution < 1.29 is 9.90 Å². The summed E-state index contributed by atoms with van der Waals surface area (Å²) in [5, 5.41) is 12.7. The van der Waals surface area contributed by atoms with Crippen molar-refractivity contribution in [3.63, 3.8) is 0 Å². The van der Waals surface area contributed by atoms with Crippen molar-refractivity contribution in [1.29, 1.82) is 0 Å². The molecule has 0 radical (unpaired) electrons. The molecule has 2 rings (SSSR count). The van der Waals surface area contributed by atoms with Crippen LogP contribution < -0.4 is 5.32 Å². The first-order valence-electron chi connectivity index (χ1n) is 4.61. The summed E-state index contributed by atoms with van der Waals surface area (Å²) < 4.78 is 0. The van der Waals surface area contributed by atoms with E-state index >= 15 is 0 Å². The molecule has 0 amide bonds. The van der Waals surface area contributed by atoms with Crippen LogP contribution in [0.4, 0.5) is 0 Å². The maximum atomic E-state index is 10.7. The number of piperidine rings is 1. The van der Waals surface area contributed by atoms with Crippen molar-refractivity contribution in [2.75, 3.05) is 13.1 Å². The smallest absolute Gasteiger partial charge is 0.153 e. The summed E-state index contributed by atoms with van der Waals surface area (Å²) in [6, 6.07) is 0. The lowest BCUT2D eigenvalue weighted by molar-refractivity contribution is -0.105. The third kappa shape index (κ3) is 1.40. The van der Waals surface area contributed by atoms with Crippen LogP contribution in [-0.4, -0.2) is 24.5 Å². The number of aldehydes is 1. The fraction of sp³-hybridized carbons (Fsp3) is 0.500. The van der Waals surface area contributed by atoms with Crippen LogP contribution in [0.1, 0.15) is 12.8 Å². The molecule has 1 unspecified atom stereocenters. The number of rotatable bonds is 1. The minimum Gasteiger partial charge on any atom is -0.508 e. The average Bonchev–Trinajstić information content (AvgIpc) is 2.18. The predicted molar refractivity (Wildman–Crippen MR) is 49.4 cm³/mol. The third-order valence-corrected chi connectivity index (χ3v) is 2.79. The van der Waals surface area contributed by atoms with E-state index in [9.17, 15) is 9.90 Å². The Morgan fingerprint density at radius 3 is 3.23 bits per heavy atom. The van der Waals surface area contributed by atoms with Gasteiger partial charge in [0, 0.05) is 6.54 Å². The molecule has 0 aromatic heterocycles. The number of fused-ring (bicyclic) bond motifs is 1. The number of nitrogens with one attached hydrogen (secondary N) is 1. The molecule has 0 aromatic rings. The van der Waals surface area contributed by atoms with Gasteiger partial charge in [-0.3, -0.25) is 4.79 Å². The van der Waals surface area contributed by atoms with Gasteiger partial charge in [-0.05, 0) is 31.4 Å². The van der Waals surface area contributed by atoms with Crippen molar-refractivity contribution in [3.05, 3.63) is 23.0 Å². The molecule has 1 fully saturated rings. The van der Waals surface area contributed by atoms with E-state index in [-0.39, 0.29) is 5.76 Å². The summed E-state index contributed by atoms with van der Waals surface area (Å²) in [5.74, 6) is 0.591. The van der Waals surface area contributed by atoms with Crippen LogP contribution in [0, 0.1) is 5.92 Å². The third-order valence-electron chi connectivity index (χ3n) is 2.79. The lowest BCUT2D eigenvalue weighted by atomic mass is 9.82. The van der Waals surface area contributed by atoms with Crippen molar-refractivity contribution in [3.8, 4) is 0 Å². The Kier molecular flexibility index (Phi) is 2.19. The second kappa shape index (κ2) is 3.34. The highest BCUT2D eigenvalue weighted by atomic mass is 16.3. The molecule has 2 N–H and O–H groups in total.